The van der Waals surface area contributed by atoms with Gasteiger partial charge in [-0.2, -0.15) is 0 Å². The number of anilines is 1. The van der Waals surface area contributed by atoms with Gasteiger partial charge in [-0.05, 0) is 23.3 Å². The molecule has 1 aliphatic rings. The van der Waals surface area contributed by atoms with Gasteiger partial charge in [-0.1, -0.05) is 24.3 Å². The number of nitrogens with zero attached hydrogens (tertiary/aromatic N) is 1. The van der Waals surface area contributed by atoms with Crippen LogP contribution in [0.25, 0.3) is 11.1 Å². The van der Waals surface area contributed by atoms with Crippen molar-refractivity contribution in [3.8, 4) is 16.9 Å². The Morgan fingerprint density at radius 1 is 1.06 bits per heavy atom. The van der Waals surface area contributed by atoms with Crippen LogP contribution in [0.1, 0.15) is 5.56 Å². The first kappa shape index (κ1) is 9.28. The molecule has 0 radical (unpaired) electrons. The smallest absolute Gasteiger partial charge is 0.117 e. The summed E-state index contributed by atoms with van der Waals surface area (Å²) in [5.74, 6) is 0.324. The van der Waals surface area contributed by atoms with Crippen molar-refractivity contribution in [3.63, 3.8) is 0 Å². The van der Waals surface area contributed by atoms with Crippen molar-refractivity contribution in [1.29, 1.82) is 0 Å². The molecule has 80 valence electrons. The zero-order valence-electron chi connectivity index (χ0n) is 9.14. The molecular formula is C14H13NO. The van der Waals surface area contributed by atoms with E-state index >= 15 is 0 Å². The van der Waals surface area contributed by atoms with Gasteiger partial charge >= 0.3 is 0 Å². The highest BCUT2D eigenvalue weighted by atomic mass is 16.3. The fourth-order valence-corrected chi connectivity index (χ4v) is 2.33. The molecule has 2 aromatic carbocycles. The molecule has 0 spiro atoms. The molecule has 1 heterocycles. The van der Waals surface area contributed by atoms with Crippen LogP contribution in [0, 0.1) is 0 Å². The van der Waals surface area contributed by atoms with E-state index in [1.54, 1.807) is 6.07 Å². The minimum Gasteiger partial charge on any atom is -0.508 e. The van der Waals surface area contributed by atoms with Gasteiger partial charge in [-0.15, -0.1) is 0 Å². The summed E-state index contributed by atoms with van der Waals surface area (Å²) in [5.41, 5.74) is 4.90. The third kappa shape index (κ3) is 1.27. The van der Waals surface area contributed by atoms with Crippen LogP contribution in [0.2, 0.25) is 0 Å². The zero-order chi connectivity index (χ0) is 11.1. The van der Waals surface area contributed by atoms with Crippen LogP contribution in [-0.2, 0) is 6.54 Å². The van der Waals surface area contributed by atoms with Crippen molar-refractivity contribution in [2.45, 2.75) is 6.54 Å². The van der Waals surface area contributed by atoms with Gasteiger partial charge in [0.2, 0.25) is 0 Å². The maximum absolute atomic E-state index is 9.53. The minimum atomic E-state index is 0.324. The number of benzene rings is 2. The van der Waals surface area contributed by atoms with E-state index in [2.05, 4.69) is 29.2 Å². The van der Waals surface area contributed by atoms with E-state index in [1.807, 2.05) is 19.2 Å². The van der Waals surface area contributed by atoms with E-state index in [0.717, 1.165) is 12.2 Å². The van der Waals surface area contributed by atoms with Crippen molar-refractivity contribution in [3.05, 3.63) is 48.0 Å². The summed E-state index contributed by atoms with van der Waals surface area (Å²) < 4.78 is 0. The molecule has 0 saturated heterocycles. The van der Waals surface area contributed by atoms with Gasteiger partial charge in [-0.25, -0.2) is 0 Å². The SMILES string of the molecule is CN1Cc2ccccc2-c2ccc(O)cc21. The van der Waals surface area contributed by atoms with E-state index in [0.29, 0.717) is 5.75 Å². The first-order chi connectivity index (χ1) is 7.75. The van der Waals surface area contributed by atoms with Crippen LogP contribution in [0.5, 0.6) is 5.75 Å². The Hall–Kier alpha value is -1.96. The summed E-state index contributed by atoms with van der Waals surface area (Å²) in [6, 6.07) is 14.0. The van der Waals surface area contributed by atoms with E-state index in [4.69, 9.17) is 0 Å². The molecule has 0 amide bonds. The van der Waals surface area contributed by atoms with Gasteiger partial charge in [0.05, 0.1) is 0 Å². The molecule has 1 N–H and O–H groups in total. The molecule has 2 nitrogen and oxygen atoms in total. The Kier molecular flexibility index (Phi) is 1.90. The second-order valence-corrected chi connectivity index (χ2v) is 4.21. The summed E-state index contributed by atoms with van der Waals surface area (Å²) in [5, 5.41) is 9.53. The van der Waals surface area contributed by atoms with Crippen molar-refractivity contribution in [2.75, 3.05) is 11.9 Å². The number of rotatable bonds is 0. The van der Waals surface area contributed by atoms with Gasteiger partial charge in [0.15, 0.2) is 0 Å². The van der Waals surface area contributed by atoms with Crippen molar-refractivity contribution < 1.29 is 5.11 Å². The lowest BCUT2D eigenvalue weighted by Crippen LogP contribution is -2.21. The molecule has 2 heteroatoms. The average molecular weight is 211 g/mol. The lowest BCUT2D eigenvalue weighted by Gasteiger charge is -2.29. The topological polar surface area (TPSA) is 23.5 Å². The molecule has 0 saturated carbocycles. The van der Waals surface area contributed by atoms with Crippen LogP contribution in [0.4, 0.5) is 5.69 Å². The maximum atomic E-state index is 9.53. The van der Waals surface area contributed by atoms with Gasteiger partial charge < -0.3 is 10.0 Å². The molecule has 0 unspecified atom stereocenters. The van der Waals surface area contributed by atoms with E-state index in [-0.39, 0.29) is 0 Å². The van der Waals surface area contributed by atoms with Crippen LogP contribution < -0.4 is 4.90 Å². The third-order valence-corrected chi connectivity index (χ3v) is 3.11. The summed E-state index contributed by atoms with van der Waals surface area (Å²) in [6.07, 6.45) is 0. The Morgan fingerprint density at radius 3 is 2.75 bits per heavy atom. The highest BCUT2D eigenvalue weighted by Crippen LogP contribution is 2.39. The molecule has 1 aliphatic heterocycles. The van der Waals surface area contributed by atoms with E-state index in [9.17, 15) is 5.11 Å². The predicted octanol–water partition coefficient (Wildman–Crippen LogP) is 3.01. The molecule has 0 fully saturated rings. The number of hydrogen-bond acceptors (Lipinski definition) is 2. The number of phenols is 1. The molecular weight excluding hydrogens is 198 g/mol. The first-order valence-corrected chi connectivity index (χ1v) is 5.38. The normalized spacial score (nSPS) is 13.2. The second-order valence-electron chi connectivity index (χ2n) is 4.21. The zero-order valence-corrected chi connectivity index (χ0v) is 9.14. The molecule has 0 aliphatic carbocycles. The van der Waals surface area contributed by atoms with Crippen molar-refractivity contribution in [2.24, 2.45) is 0 Å². The first-order valence-electron chi connectivity index (χ1n) is 5.38. The fraction of sp³-hybridized carbons (Fsp3) is 0.143. The number of aromatic hydroxyl groups is 1. The standard InChI is InChI=1S/C14H13NO/c1-15-9-10-4-2-3-5-12(10)13-7-6-11(16)8-14(13)15/h2-8,16H,9H2,1H3. The third-order valence-electron chi connectivity index (χ3n) is 3.11. The molecule has 3 rings (SSSR count). The molecule has 0 bridgehead atoms. The monoisotopic (exact) mass is 211 g/mol. The number of fused-ring (bicyclic) bond motifs is 3. The Bertz CT molecular complexity index is 548. The van der Waals surface area contributed by atoms with E-state index in [1.165, 1.54) is 16.7 Å². The van der Waals surface area contributed by atoms with Crippen molar-refractivity contribution in [1.82, 2.24) is 0 Å². The van der Waals surface area contributed by atoms with Gasteiger partial charge in [0.25, 0.3) is 0 Å². The van der Waals surface area contributed by atoms with Crippen LogP contribution >= 0.6 is 0 Å². The highest BCUT2D eigenvalue weighted by Gasteiger charge is 2.18. The molecule has 0 atom stereocenters. The fourth-order valence-electron chi connectivity index (χ4n) is 2.33. The lowest BCUT2D eigenvalue weighted by molar-refractivity contribution is 0.475. The van der Waals surface area contributed by atoms with Gasteiger partial charge in [-0.3, -0.25) is 0 Å². The van der Waals surface area contributed by atoms with Crippen LogP contribution in [0.3, 0.4) is 0 Å². The van der Waals surface area contributed by atoms with E-state index < -0.39 is 0 Å². The van der Waals surface area contributed by atoms with Gasteiger partial charge in [0, 0.05) is 30.9 Å². The molecule has 16 heavy (non-hydrogen) atoms. The molecule has 0 aromatic heterocycles. The number of phenolic OH excluding ortho intramolecular Hbond substituents is 1. The Balaban J connectivity index is 2.28. The second kappa shape index (κ2) is 3.27. The predicted molar refractivity (Wildman–Crippen MR) is 65.6 cm³/mol. The summed E-state index contributed by atoms with van der Waals surface area (Å²) in [4.78, 5) is 2.16. The van der Waals surface area contributed by atoms with Crippen LogP contribution in [0.15, 0.2) is 42.5 Å². The van der Waals surface area contributed by atoms with Gasteiger partial charge in [0.1, 0.15) is 5.75 Å². The Morgan fingerprint density at radius 2 is 1.88 bits per heavy atom. The quantitative estimate of drug-likeness (QED) is 0.724. The average Bonchev–Trinajstić information content (AvgIpc) is 2.29. The number of hydrogen-bond donors (Lipinski definition) is 1. The van der Waals surface area contributed by atoms with Crippen molar-refractivity contribution >= 4 is 5.69 Å². The Labute approximate surface area is 94.8 Å². The lowest BCUT2D eigenvalue weighted by atomic mass is 9.94. The largest absolute Gasteiger partial charge is 0.508 e. The van der Waals surface area contributed by atoms with Crippen LogP contribution in [-0.4, -0.2) is 12.2 Å². The minimum absolute atomic E-state index is 0.324. The highest BCUT2D eigenvalue weighted by molar-refractivity contribution is 5.84. The summed E-state index contributed by atoms with van der Waals surface area (Å²) >= 11 is 0. The summed E-state index contributed by atoms with van der Waals surface area (Å²) in [7, 11) is 2.05. The molecule has 2 aromatic rings. The summed E-state index contributed by atoms with van der Waals surface area (Å²) in [6.45, 7) is 0.895. The maximum Gasteiger partial charge on any atom is 0.117 e.